The molecule has 0 unspecified atom stereocenters. The van der Waals surface area contributed by atoms with Crippen LogP contribution in [0.1, 0.15) is 93.9 Å². The van der Waals surface area contributed by atoms with E-state index in [0.717, 1.165) is 44.9 Å². The van der Waals surface area contributed by atoms with Crippen LogP contribution < -0.4 is 20.7 Å². The van der Waals surface area contributed by atoms with Crippen LogP contribution in [0.15, 0.2) is 22.7 Å². The Morgan fingerprint density at radius 3 is 2.50 bits per heavy atom. The number of aryl methyl sites for hydroxylation is 2. The number of hydrogen-bond acceptors (Lipinski definition) is 8. The molecular formula is C35H54N6O7. The second-order valence-electron chi connectivity index (χ2n) is 13.5. The number of carbonyl (C=O) groups is 3. The van der Waals surface area contributed by atoms with Gasteiger partial charge in [-0.2, -0.15) is 0 Å². The van der Waals surface area contributed by atoms with Crippen LogP contribution in [-0.4, -0.2) is 95.7 Å². The van der Waals surface area contributed by atoms with Crippen molar-refractivity contribution in [3.05, 3.63) is 35.2 Å². The predicted molar refractivity (Wildman–Crippen MR) is 184 cm³/mol. The summed E-state index contributed by atoms with van der Waals surface area (Å²) in [5.41, 5.74) is 1.90. The minimum atomic E-state index is -0.523. The molecule has 0 bridgehead atoms. The average Bonchev–Trinajstić information content (AvgIpc) is 3.38. The molecule has 13 heteroatoms. The van der Waals surface area contributed by atoms with E-state index in [-0.39, 0.29) is 55.7 Å². The Bertz CT molecular complexity index is 1360. The first-order chi connectivity index (χ1) is 23.0. The van der Waals surface area contributed by atoms with Gasteiger partial charge in [0, 0.05) is 44.4 Å². The number of urea groups is 2. The number of fused-ring (bicyclic) bond motifs is 1. The number of likely N-dealkylation sites (N-methyl/N-ethyl adjacent to an activating group) is 1. The predicted octanol–water partition coefficient (Wildman–Crippen LogP) is 5.71. The SMILES string of the molecule is Cc1noc(C)c1NC(=O)N(C)C[C@H]1OCCCC[C@H](C)Oc2ccc(NC(=O)NC3CCCCC3)cc2C(=O)N([C@H](C)CO)C[C@@H]1C. The smallest absolute Gasteiger partial charge is 0.321 e. The van der Waals surface area contributed by atoms with Crippen LogP contribution in [-0.2, 0) is 4.74 Å². The number of anilines is 2. The average molecular weight is 671 g/mol. The first-order valence-corrected chi connectivity index (χ1v) is 17.3. The van der Waals surface area contributed by atoms with E-state index in [1.807, 2.05) is 13.8 Å². The van der Waals surface area contributed by atoms with Gasteiger partial charge in [0.25, 0.3) is 5.91 Å². The van der Waals surface area contributed by atoms with Gasteiger partial charge < -0.3 is 44.9 Å². The van der Waals surface area contributed by atoms with Crippen LogP contribution in [0.4, 0.5) is 21.0 Å². The lowest BCUT2D eigenvalue weighted by atomic mass is 9.96. The zero-order valence-electron chi connectivity index (χ0n) is 29.3. The Morgan fingerprint density at radius 1 is 1.08 bits per heavy atom. The van der Waals surface area contributed by atoms with Gasteiger partial charge in [0.15, 0.2) is 5.76 Å². The molecule has 2 aromatic rings. The third kappa shape index (κ3) is 10.1. The van der Waals surface area contributed by atoms with Crippen molar-refractivity contribution in [2.24, 2.45) is 5.92 Å². The van der Waals surface area contributed by atoms with Gasteiger partial charge >= 0.3 is 12.1 Å². The summed E-state index contributed by atoms with van der Waals surface area (Å²) in [4.78, 5) is 43.6. The number of nitrogens with zero attached hydrogens (tertiary/aromatic N) is 3. The molecule has 5 amide bonds. The van der Waals surface area contributed by atoms with Crippen molar-refractivity contribution < 1.29 is 33.5 Å². The monoisotopic (exact) mass is 670 g/mol. The molecule has 4 N–H and O–H groups in total. The second-order valence-corrected chi connectivity index (χ2v) is 13.5. The summed E-state index contributed by atoms with van der Waals surface area (Å²) in [6.45, 7) is 9.99. The molecule has 48 heavy (non-hydrogen) atoms. The van der Waals surface area contributed by atoms with Crippen LogP contribution in [0, 0.1) is 19.8 Å². The number of aliphatic hydroxyl groups is 1. The second kappa shape index (κ2) is 17.5. The molecule has 0 spiro atoms. The highest BCUT2D eigenvalue weighted by Gasteiger charge is 2.31. The molecule has 0 radical (unpaired) electrons. The molecule has 0 saturated heterocycles. The lowest BCUT2D eigenvalue weighted by molar-refractivity contribution is -0.0115. The molecule has 4 rings (SSSR count). The summed E-state index contributed by atoms with van der Waals surface area (Å²) in [7, 11) is 1.70. The van der Waals surface area contributed by atoms with Crippen molar-refractivity contribution in [1.82, 2.24) is 20.3 Å². The lowest BCUT2D eigenvalue weighted by Gasteiger charge is -2.35. The van der Waals surface area contributed by atoms with Crippen molar-refractivity contribution in [1.29, 1.82) is 0 Å². The molecule has 1 saturated carbocycles. The maximum absolute atomic E-state index is 14.4. The molecule has 1 fully saturated rings. The molecule has 1 aliphatic carbocycles. The highest BCUT2D eigenvalue weighted by Crippen LogP contribution is 2.29. The number of amides is 5. The number of rotatable bonds is 7. The van der Waals surface area contributed by atoms with Gasteiger partial charge in [0.05, 0.1) is 30.4 Å². The maximum Gasteiger partial charge on any atom is 0.321 e. The minimum absolute atomic E-state index is 0.139. The molecular weight excluding hydrogens is 616 g/mol. The molecule has 1 aromatic carbocycles. The Hall–Kier alpha value is -3.84. The van der Waals surface area contributed by atoms with E-state index in [0.29, 0.717) is 40.7 Å². The van der Waals surface area contributed by atoms with Crippen LogP contribution >= 0.6 is 0 Å². The van der Waals surface area contributed by atoms with E-state index in [2.05, 4.69) is 21.1 Å². The fourth-order valence-electron chi connectivity index (χ4n) is 6.28. The molecule has 4 atom stereocenters. The van der Waals surface area contributed by atoms with Gasteiger partial charge in [0.2, 0.25) is 0 Å². The standard InChI is InChI=1S/C35H54N6O7/c1-22-19-41(23(2)21-42)33(43)29-18-28(37-34(44)36-27-13-8-7-9-14-27)15-16-30(29)47-24(3)12-10-11-17-46-31(22)20-40(6)35(45)38-32-25(4)39-48-26(32)5/h15-16,18,22-24,27,31,42H,7-14,17,19-21H2,1-6H3,(H,38,45)(H2,36,37,44)/t22-,23+,24-,31+/m0/s1. The number of nitrogens with one attached hydrogen (secondary N) is 3. The van der Waals surface area contributed by atoms with Crippen molar-refractivity contribution in [3.8, 4) is 5.75 Å². The lowest BCUT2D eigenvalue weighted by Crippen LogP contribution is -2.48. The van der Waals surface area contributed by atoms with E-state index >= 15 is 0 Å². The Morgan fingerprint density at radius 2 is 1.81 bits per heavy atom. The molecule has 1 aromatic heterocycles. The number of carbonyl (C=O) groups excluding carboxylic acids is 3. The van der Waals surface area contributed by atoms with Gasteiger partial charge in [-0.05, 0) is 78.0 Å². The number of aromatic nitrogens is 1. The minimum Gasteiger partial charge on any atom is -0.490 e. The largest absolute Gasteiger partial charge is 0.490 e. The summed E-state index contributed by atoms with van der Waals surface area (Å²) in [5.74, 6) is 0.396. The van der Waals surface area contributed by atoms with Gasteiger partial charge in [-0.1, -0.05) is 31.3 Å². The fourth-order valence-corrected chi connectivity index (χ4v) is 6.28. The number of aliphatic hydroxyl groups excluding tert-OH is 1. The molecule has 1 aliphatic heterocycles. The number of hydrogen-bond donors (Lipinski definition) is 4. The van der Waals surface area contributed by atoms with Gasteiger partial charge in [-0.15, -0.1) is 0 Å². The topological polar surface area (TPSA) is 158 Å². The Kier molecular flexibility index (Phi) is 13.5. The highest BCUT2D eigenvalue weighted by molar-refractivity contribution is 5.99. The van der Waals surface area contributed by atoms with Gasteiger partial charge in [0.1, 0.15) is 17.1 Å². The van der Waals surface area contributed by atoms with Crippen molar-refractivity contribution in [2.75, 3.05) is 44.0 Å². The third-order valence-corrected chi connectivity index (χ3v) is 9.32. The summed E-state index contributed by atoms with van der Waals surface area (Å²) in [6, 6.07) is 4.11. The van der Waals surface area contributed by atoms with Gasteiger partial charge in [-0.3, -0.25) is 4.79 Å². The summed E-state index contributed by atoms with van der Waals surface area (Å²) in [6.07, 6.45) is 7.12. The normalized spacial score (nSPS) is 22.1. The highest BCUT2D eigenvalue weighted by atomic mass is 16.5. The number of benzene rings is 1. The third-order valence-electron chi connectivity index (χ3n) is 9.32. The molecule has 266 valence electrons. The van der Waals surface area contributed by atoms with Crippen LogP contribution in [0.25, 0.3) is 0 Å². The van der Waals surface area contributed by atoms with Gasteiger partial charge in [-0.25, -0.2) is 9.59 Å². The zero-order chi connectivity index (χ0) is 34.8. The van der Waals surface area contributed by atoms with Crippen molar-refractivity contribution in [2.45, 2.75) is 110 Å². The summed E-state index contributed by atoms with van der Waals surface area (Å²) < 4.78 is 17.9. The zero-order valence-corrected chi connectivity index (χ0v) is 29.3. The van der Waals surface area contributed by atoms with E-state index in [1.54, 1.807) is 55.8 Å². The van der Waals surface area contributed by atoms with Crippen LogP contribution in [0.3, 0.4) is 0 Å². The van der Waals surface area contributed by atoms with Crippen LogP contribution in [0.2, 0.25) is 0 Å². The number of ether oxygens (including phenoxy) is 2. The fraction of sp³-hybridized carbons (Fsp3) is 0.657. The van der Waals surface area contributed by atoms with E-state index < -0.39 is 12.1 Å². The molecule has 2 heterocycles. The van der Waals surface area contributed by atoms with Crippen LogP contribution in [0.5, 0.6) is 5.75 Å². The Balaban J connectivity index is 1.56. The summed E-state index contributed by atoms with van der Waals surface area (Å²) in [5, 5.41) is 23.0. The molecule has 2 aliphatic rings. The first kappa shape index (κ1) is 37.0. The quantitative estimate of drug-likeness (QED) is 0.292. The summed E-state index contributed by atoms with van der Waals surface area (Å²) >= 11 is 0. The van der Waals surface area contributed by atoms with Crippen molar-refractivity contribution in [3.63, 3.8) is 0 Å². The maximum atomic E-state index is 14.4. The van der Waals surface area contributed by atoms with Crippen molar-refractivity contribution >= 4 is 29.3 Å². The first-order valence-electron chi connectivity index (χ1n) is 17.3. The molecule has 13 nitrogen and oxygen atoms in total. The van der Waals surface area contributed by atoms with E-state index in [9.17, 15) is 19.5 Å². The van der Waals surface area contributed by atoms with E-state index in [1.165, 1.54) is 6.42 Å². The Labute approximate surface area is 284 Å². The van der Waals surface area contributed by atoms with E-state index in [4.69, 9.17) is 14.0 Å².